The summed E-state index contributed by atoms with van der Waals surface area (Å²) in [5.41, 5.74) is 2.25. The quantitative estimate of drug-likeness (QED) is 0.888. The predicted molar refractivity (Wildman–Crippen MR) is 74.0 cm³/mol. The molecular weight excluding hydrogens is 246 g/mol. The van der Waals surface area contributed by atoms with Crippen LogP contribution in [0, 0.1) is 6.92 Å². The summed E-state index contributed by atoms with van der Waals surface area (Å²) in [4.78, 5) is 17.3. The van der Waals surface area contributed by atoms with Crippen molar-refractivity contribution in [2.45, 2.75) is 13.5 Å². The molecule has 0 bridgehead atoms. The minimum absolute atomic E-state index is 0.111. The summed E-state index contributed by atoms with van der Waals surface area (Å²) >= 11 is 1.63. The highest BCUT2D eigenvalue weighted by molar-refractivity contribution is 7.09. The van der Waals surface area contributed by atoms with E-state index in [1.807, 2.05) is 30.5 Å². The van der Waals surface area contributed by atoms with Crippen molar-refractivity contribution >= 4 is 22.9 Å². The first-order valence-electron chi connectivity index (χ1n) is 5.65. The van der Waals surface area contributed by atoms with E-state index >= 15 is 0 Å². The van der Waals surface area contributed by atoms with Crippen molar-refractivity contribution in [3.8, 4) is 0 Å². The topological polar surface area (TPSA) is 54.0 Å². The van der Waals surface area contributed by atoms with Gasteiger partial charge in [-0.2, -0.15) is 0 Å². The third kappa shape index (κ3) is 2.87. The normalized spacial score (nSPS) is 10.1. The summed E-state index contributed by atoms with van der Waals surface area (Å²) in [6.45, 7) is 2.45. The van der Waals surface area contributed by atoms with Crippen molar-refractivity contribution in [3.63, 3.8) is 0 Å². The SMILES string of the molecule is CNc1cc(C)ncc1C(=O)NCc1cccs1. The number of amides is 1. The van der Waals surface area contributed by atoms with Crippen LogP contribution in [-0.2, 0) is 6.54 Å². The van der Waals surface area contributed by atoms with Crippen molar-refractivity contribution in [2.24, 2.45) is 0 Å². The Morgan fingerprint density at radius 3 is 3.00 bits per heavy atom. The number of hydrogen-bond donors (Lipinski definition) is 2. The van der Waals surface area contributed by atoms with Crippen LogP contribution >= 0.6 is 11.3 Å². The number of rotatable bonds is 4. The monoisotopic (exact) mass is 261 g/mol. The molecule has 0 unspecified atom stereocenters. The molecule has 2 aromatic heterocycles. The fraction of sp³-hybridized carbons (Fsp3) is 0.231. The first kappa shape index (κ1) is 12.6. The Balaban J connectivity index is 2.09. The zero-order valence-electron chi connectivity index (χ0n) is 10.4. The van der Waals surface area contributed by atoms with Crippen LogP contribution in [0.4, 0.5) is 5.69 Å². The van der Waals surface area contributed by atoms with Crippen molar-refractivity contribution < 1.29 is 4.79 Å². The van der Waals surface area contributed by atoms with Gasteiger partial charge in [-0.1, -0.05) is 6.07 Å². The van der Waals surface area contributed by atoms with Crippen LogP contribution in [0.3, 0.4) is 0 Å². The number of hydrogen-bond acceptors (Lipinski definition) is 4. The second-order valence-electron chi connectivity index (χ2n) is 3.88. The summed E-state index contributed by atoms with van der Waals surface area (Å²) in [6, 6.07) is 5.83. The van der Waals surface area contributed by atoms with Crippen LogP contribution in [0.15, 0.2) is 29.8 Å². The van der Waals surface area contributed by atoms with Crippen molar-refractivity contribution in [2.75, 3.05) is 12.4 Å². The zero-order chi connectivity index (χ0) is 13.0. The number of nitrogens with zero attached hydrogens (tertiary/aromatic N) is 1. The molecule has 0 saturated carbocycles. The Morgan fingerprint density at radius 2 is 2.33 bits per heavy atom. The minimum atomic E-state index is -0.111. The molecule has 0 aliphatic rings. The molecular formula is C13H15N3OS. The molecule has 2 aromatic rings. The number of nitrogens with one attached hydrogen (secondary N) is 2. The smallest absolute Gasteiger partial charge is 0.255 e. The number of aromatic nitrogens is 1. The Morgan fingerprint density at radius 1 is 1.50 bits per heavy atom. The molecule has 2 heterocycles. The maximum absolute atomic E-state index is 12.0. The lowest BCUT2D eigenvalue weighted by molar-refractivity contribution is 0.0952. The van der Waals surface area contributed by atoms with Crippen molar-refractivity contribution in [1.29, 1.82) is 0 Å². The predicted octanol–water partition coefficient (Wildman–Crippen LogP) is 2.42. The third-order valence-electron chi connectivity index (χ3n) is 2.56. The first-order valence-corrected chi connectivity index (χ1v) is 6.53. The molecule has 0 aliphatic heterocycles. The molecule has 2 N–H and O–H groups in total. The average molecular weight is 261 g/mol. The molecule has 0 radical (unpaired) electrons. The Labute approximate surface area is 110 Å². The molecule has 4 nitrogen and oxygen atoms in total. The molecule has 2 rings (SSSR count). The molecule has 18 heavy (non-hydrogen) atoms. The Kier molecular flexibility index (Phi) is 3.94. The number of carbonyl (C=O) groups is 1. The molecule has 94 valence electrons. The Bertz CT molecular complexity index is 537. The maximum atomic E-state index is 12.0. The number of anilines is 1. The molecule has 0 atom stereocenters. The first-order chi connectivity index (χ1) is 8.70. The molecule has 0 aliphatic carbocycles. The van der Waals surface area contributed by atoms with Gasteiger partial charge in [-0.25, -0.2) is 0 Å². The summed E-state index contributed by atoms with van der Waals surface area (Å²) in [5, 5.41) is 7.89. The lowest BCUT2D eigenvalue weighted by atomic mass is 10.2. The lowest BCUT2D eigenvalue weighted by Gasteiger charge is -2.09. The van der Waals surface area contributed by atoms with Gasteiger partial charge in [0, 0.05) is 23.8 Å². The molecule has 0 aromatic carbocycles. The van der Waals surface area contributed by atoms with E-state index in [4.69, 9.17) is 0 Å². The van der Waals surface area contributed by atoms with Crippen LogP contribution in [0.5, 0.6) is 0 Å². The van der Waals surface area contributed by atoms with E-state index in [1.54, 1.807) is 24.6 Å². The van der Waals surface area contributed by atoms with E-state index in [2.05, 4.69) is 15.6 Å². The summed E-state index contributed by atoms with van der Waals surface area (Å²) < 4.78 is 0. The molecule has 0 fully saturated rings. The number of carbonyl (C=O) groups excluding carboxylic acids is 1. The number of aryl methyl sites for hydroxylation is 1. The summed E-state index contributed by atoms with van der Waals surface area (Å²) in [5.74, 6) is -0.111. The molecule has 0 spiro atoms. The van der Waals surface area contributed by atoms with Crippen molar-refractivity contribution in [3.05, 3.63) is 45.9 Å². The summed E-state index contributed by atoms with van der Waals surface area (Å²) in [6.07, 6.45) is 1.60. The average Bonchev–Trinajstić information content (AvgIpc) is 2.88. The van der Waals surface area contributed by atoms with E-state index in [0.29, 0.717) is 12.1 Å². The third-order valence-corrected chi connectivity index (χ3v) is 3.43. The van der Waals surface area contributed by atoms with Crippen molar-refractivity contribution in [1.82, 2.24) is 10.3 Å². The standard InChI is InChI=1S/C13H15N3OS/c1-9-6-12(14-2)11(8-15-9)13(17)16-7-10-4-3-5-18-10/h3-6,8H,7H2,1-2H3,(H,14,15)(H,16,17). The van der Waals surface area contributed by atoms with Crippen LogP contribution in [0.1, 0.15) is 20.9 Å². The zero-order valence-corrected chi connectivity index (χ0v) is 11.2. The van der Waals surface area contributed by atoms with Gasteiger partial charge in [-0.3, -0.25) is 9.78 Å². The van der Waals surface area contributed by atoms with Gasteiger partial charge < -0.3 is 10.6 Å². The molecule has 1 amide bonds. The van der Waals surface area contributed by atoms with Crippen LogP contribution in [0.2, 0.25) is 0 Å². The lowest BCUT2D eigenvalue weighted by Crippen LogP contribution is -2.23. The fourth-order valence-corrected chi connectivity index (χ4v) is 2.27. The number of pyridine rings is 1. The van der Waals surface area contributed by atoms with E-state index in [9.17, 15) is 4.79 Å². The Hall–Kier alpha value is -1.88. The van der Waals surface area contributed by atoms with Gasteiger partial charge >= 0.3 is 0 Å². The highest BCUT2D eigenvalue weighted by Crippen LogP contribution is 2.15. The second kappa shape index (κ2) is 5.64. The van der Waals surface area contributed by atoms with Gasteiger partial charge in [0.25, 0.3) is 5.91 Å². The van der Waals surface area contributed by atoms with Gasteiger partial charge in [0.05, 0.1) is 17.8 Å². The van der Waals surface area contributed by atoms with Crippen LogP contribution < -0.4 is 10.6 Å². The van der Waals surface area contributed by atoms with Gasteiger partial charge in [0.15, 0.2) is 0 Å². The fourth-order valence-electron chi connectivity index (χ4n) is 1.62. The number of thiophene rings is 1. The maximum Gasteiger partial charge on any atom is 0.255 e. The highest BCUT2D eigenvalue weighted by Gasteiger charge is 2.11. The molecule has 5 heteroatoms. The van der Waals surface area contributed by atoms with Gasteiger partial charge in [0.1, 0.15) is 0 Å². The van der Waals surface area contributed by atoms with Crippen LogP contribution in [0.25, 0.3) is 0 Å². The van der Waals surface area contributed by atoms with Crippen LogP contribution in [-0.4, -0.2) is 17.9 Å². The second-order valence-corrected chi connectivity index (χ2v) is 4.92. The van der Waals surface area contributed by atoms with Gasteiger partial charge in [0.2, 0.25) is 0 Å². The van der Waals surface area contributed by atoms with E-state index in [0.717, 1.165) is 16.3 Å². The minimum Gasteiger partial charge on any atom is -0.387 e. The van der Waals surface area contributed by atoms with E-state index in [-0.39, 0.29) is 5.91 Å². The van der Waals surface area contributed by atoms with Gasteiger partial charge in [-0.05, 0) is 24.4 Å². The summed E-state index contributed by atoms with van der Waals surface area (Å²) in [7, 11) is 1.80. The highest BCUT2D eigenvalue weighted by atomic mass is 32.1. The molecule has 0 saturated heterocycles. The van der Waals surface area contributed by atoms with E-state index in [1.165, 1.54) is 0 Å². The van der Waals surface area contributed by atoms with Gasteiger partial charge in [-0.15, -0.1) is 11.3 Å². The largest absolute Gasteiger partial charge is 0.387 e. The van der Waals surface area contributed by atoms with E-state index < -0.39 is 0 Å².